The molecule has 0 heterocycles. The zero-order valence-corrected chi connectivity index (χ0v) is 11.6. The van der Waals surface area contributed by atoms with E-state index in [4.69, 9.17) is 0 Å². The summed E-state index contributed by atoms with van der Waals surface area (Å²) in [5.74, 6) is 0.738. The van der Waals surface area contributed by atoms with E-state index in [0.717, 1.165) is 13.0 Å². The molecule has 1 unspecified atom stereocenters. The Labute approximate surface area is 109 Å². The van der Waals surface area contributed by atoms with E-state index in [1.165, 1.54) is 24.3 Å². The average molecular weight is 251 g/mol. The number of benzene rings is 1. The molecule has 1 aromatic rings. The van der Waals surface area contributed by atoms with E-state index < -0.39 is 0 Å². The Bertz CT molecular complexity index is 386. The molecule has 0 saturated heterocycles. The van der Waals surface area contributed by atoms with Crippen LogP contribution in [0.3, 0.4) is 0 Å². The number of carbonyl (C=O) groups is 1. The Hall–Kier alpha value is -1.38. The molecule has 0 spiro atoms. The fourth-order valence-corrected chi connectivity index (χ4v) is 2.24. The molecule has 1 aromatic carbocycles. The second-order valence-corrected chi connectivity index (χ2v) is 5.43. The molecule has 0 aliphatic rings. The van der Waals surface area contributed by atoms with E-state index in [0.29, 0.717) is 17.4 Å². The highest BCUT2D eigenvalue weighted by Crippen LogP contribution is 2.13. The summed E-state index contributed by atoms with van der Waals surface area (Å²) >= 11 is 0. The maximum atomic E-state index is 12.8. The number of amides is 1. The Balaban J connectivity index is 2.58. The highest BCUT2D eigenvalue weighted by Gasteiger charge is 2.15. The zero-order chi connectivity index (χ0) is 13.7. The van der Waals surface area contributed by atoms with Crippen molar-refractivity contribution in [3.05, 3.63) is 35.6 Å². The highest BCUT2D eigenvalue weighted by molar-refractivity contribution is 5.93. The van der Waals surface area contributed by atoms with E-state index >= 15 is 0 Å². The van der Waals surface area contributed by atoms with Gasteiger partial charge in [0.15, 0.2) is 0 Å². The Morgan fingerprint density at radius 3 is 2.28 bits per heavy atom. The fraction of sp³-hybridized carbons (Fsp3) is 0.533. The summed E-state index contributed by atoms with van der Waals surface area (Å²) < 4.78 is 12.8. The molecule has 0 aromatic heterocycles. The lowest BCUT2D eigenvalue weighted by Gasteiger charge is -2.22. The van der Waals surface area contributed by atoms with Gasteiger partial charge in [-0.1, -0.05) is 20.8 Å². The van der Waals surface area contributed by atoms with E-state index in [-0.39, 0.29) is 11.7 Å². The van der Waals surface area contributed by atoms with Crippen LogP contribution < -0.4 is 0 Å². The van der Waals surface area contributed by atoms with Crippen LogP contribution in [0.4, 0.5) is 4.39 Å². The molecule has 18 heavy (non-hydrogen) atoms. The number of hydrogen-bond acceptors (Lipinski definition) is 1. The molecular weight excluding hydrogens is 229 g/mol. The molecule has 3 heteroatoms. The van der Waals surface area contributed by atoms with Gasteiger partial charge in [0.2, 0.25) is 0 Å². The molecule has 0 saturated carbocycles. The number of rotatable bonds is 5. The SMILES string of the molecule is CC(C)CC(C)CN(C)C(=O)c1ccc(F)cc1. The standard InChI is InChI=1S/C15H22FNO/c1-11(2)9-12(3)10-17(4)15(18)13-5-7-14(16)8-6-13/h5-8,11-12H,9-10H2,1-4H3. The lowest BCUT2D eigenvalue weighted by atomic mass is 9.98. The molecule has 0 aliphatic carbocycles. The number of hydrogen-bond donors (Lipinski definition) is 0. The van der Waals surface area contributed by atoms with Gasteiger partial charge in [-0.15, -0.1) is 0 Å². The van der Waals surface area contributed by atoms with Crippen LogP contribution in [0, 0.1) is 17.7 Å². The van der Waals surface area contributed by atoms with Gasteiger partial charge < -0.3 is 4.90 Å². The first-order valence-electron chi connectivity index (χ1n) is 6.41. The first-order valence-corrected chi connectivity index (χ1v) is 6.41. The second-order valence-electron chi connectivity index (χ2n) is 5.43. The second kappa shape index (κ2) is 6.53. The summed E-state index contributed by atoms with van der Waals surface area (Å²) in [6.07, 6.45) is 1.10. The topological polar surface area (TPSA) is 20.3 Å². The van der Waals surface area contributed by atoms with E-state index in [9.17, 15) is 9.18 Å². The summed E-state index contributed by atoms with van der Waals surface area (Å²) in [6.45, 7) is 7.24. The molecule has 0 fully saturated rings. The minimum Gasteiger partial charge on any atom is -0.341 e. The average Bonchev–Trinajstić information content (AvgIpc) is 2.27. The van der Waals surface area contributed by atoms with Crippen molar-refractivity contribution in [1.29, 1.82) is 0 Å². The lowest BCUT2D eigenvalue weighted by molar-refractivity contribution is 0.0770. The van der Waals surface area contributed by atoms with Gasteiger partial charge in [0.1, 0.15) is 5.82 Å². The summed E-state index contributed by atoms with van der Waals surface area (Å²) in [5, 5.41) is 0. The first-order chi connectivity index (χ1) is 8.40. The maximum Gasteiger partial charge on any atom is 0.253 e. The number of halogens is 1. The van der Waals surface area contributed by atoms with Gasteiger partial charge in [-0.05, 0) is 42.5 Å². The van der Waals surface area contributed by atoms with Crippen LogP contribution in [0.2, 0.25) is 0 Å². The van der Waals surface area contributed by atoms with E-state index in [2.05, 4.69) is 20.8 Å². The molecule has 1 amide bonds. The van der Waals surface area contributed by atoms with Crippen molar-refractivity contribution in [3.8, 4) is 0 Å². The van der Waals surface area contributed by atoms with Crippen molar-refractivity contribution in [1.82, 2.24) is 4.90 Å². The predicted octanol–water partition coefficient (Wildman–Crippen LogP) is 3.58. The molecule has 0 N–H and O–H groups in total. The van der Waals surface area contributed by atoms with Gasteiger partial charge in [0.05, 0.1) is 0 Å². The van der Waals surface area contributed by atoms with E-state index in [1.807, 2.05) is 0 Å². The lowest BCUT2D eigenvalue weighted by Crippen LogP contribution is -2.31. The van der Waals surface area contributed by atoms with Crippen molar-refractivity contribution >= 4 is 5.91 Å². The Morgan fingerprint density at radius 1 is 1.22 bits per heavy atom. The highest BCUT2D eigenvalue weighted by atomic mass is 19.1. The van der Waals surface area contributed by atoms with Gasteiger partial charge in [-0.2, -0.15) is 0 Å². The van der Waals surface area contributed by atoms with Crippen LogP contribution in [-0.2, 0) is 0 Å². The third kappa shape index (κ3) is 4.47. The molecule has 1 rings (SSSR count). The first kappa shape index (κ1) is 14.7. The maximum absolute atomic E-state index is 12.8. The van der Waals surface area contributed by atoms with Crippen LogP contribution in [0.15, 0.2) is 24.3 Å². The van der Waals surface area contributed by atoms with Crippen LogP contribution in [-0.4, -0.2) is 24.4 Å². The smallest absolute Gasteiger partial charge is 0.253 e. The van der Waals surface area contributed by atoms with Gasteiger partial charge in [-0.25, -0.2) is 4.39 Å². The van der Waals surface area contributed by atoms with Crippen molar-refractivity contribution in [2.24, 2.45) is 11.8 Å². The largest absolute Gasteiger partial charge is 0.341 e. The van der Waals surface area contributed by atoms with Crippen molar-refractivity contribution in [2.45, 2.75) is 27.2 Å². The minimum atomic E-state index is -0.317. The Kier molecular flexibility index (Phi) is 5.32. The number of carbonyl (C=O) groups excluding carboxylic acids is 1. The quantitative estimate of drug-likeness (QED) is 0.783. The number of nitrogens with zero attached hydrogens (tertiary/aromatic N) is 1. The van der Waals surface area contributed by atoms with Gasteiger partial charge >= 0.3 is 0 Å². The fourth-order valence-electron chi connectivity index (χ4n) is 2.24. The molecule has 0 aliphatic heterocycles. The van der Waals surface area contributed by atoms with E-state index in [1.54, 1.807) is 11.9 Å². The molecule has 2 nitrogen and oxygen atoms in total. The van der Waals surface area contributed by atoms with Crippen LogP contribution in [0.5, 0.6) is 0 Å². The third-order valence-corrected chi connectivity index (χ3v) is 2.90. The van der Waals surface area contributed by atoms with Crippen molar-refractivity contribution in [2.75, 3.05) is 13.6 Å². The molecule has 0 bridgehead atoms. The van der Waals surface area contributed by atoms with Crippen LogP contribution >= 0.6 is 0 Å². The van der Waals surface area contributed by atoms with Crippen LogP contribution in [0.1, 0.15) is 37.6 Å². The molecule has 1 atom stereocenters. The summed E-state index contributed by atoms with van der Waals surface area (Å²) in [7, 11) is 1.79. The molecular formula is C15H22FNO. The monoisotopic (exact) mass is 251 g/mol. The van der Waals surface area contributed by atoms with Gasteiger partial charge in [-0.3, -0.25) is 4.79 Å². The van der Waals surface area contributed by atoms with Crippen molar-refractivity contribution in [3.63, 3.8) is 0 Å². The predicted molar refractivity (Wildman–Crippen MR) is 72.0 cm³/mol. The Morgan fingerprint density at radius 2 is 1.78 bits per heavy atom. The summed E-state index contributed by atoms with van der Waals surface area (Å²) in [5.41, 5.74) is 0.538. The van der Waals surface area contributed by atoms with Gasteiger partial charge in [0.25, 0.3) is 5.91 Å². The molecule has 100 valence electrons. The van der Waals surface area contributed by atoms with Gasteiger partial charge in [0, 0.05) is 19.2 Å². The normalized spacial score (nSPS) is 12.6. The summed E-state index contributed by atoms with van der Waals surface area (Å²) in [4.78, 5) is 13.8. The third-order valence-electron chi connectivity index (χ3n) is 2.90. The summed E-state index contributed by atoms with van der Waals surface area (Å²) in [6, 6.07) is 5.69. The minimum absolute atomic E-state index is 0.0504. The van der Waals surface area contributed by atoms with Crippen molar-refractivity contribution < 1.29 is 9.18 Å². The van der Waals surface area contributed by atoms with Crippen LogP contribution in [0.25, 0.3) is 0 Å². The molecule has 0 radical (unpaired) electrons. The zero-order valence-electron chi connectivity index (χ0n) is 11.6.